The van der Waals surface area contributed by atoms with Crippen molar-refractivity contribution >= 4 is 6.09 Å². The van der Waals surface area contributed by atoms with Crippen LogP contribution in [0.25, 0.3) is 0 Å². The Hall–Kier alpha value is -2.09. The lowest BCUT2D eigenvalue weighted by Gasteiger charge is -2.24. The fourth-order valence-corrected chi connectivity index (χ4v) is 2.68. The number of likely N-dealkylation sites (tertiary alicyclic amines) is 1. The number of aryl methyl sites for hydroxylation is 1. The number of carbonyl (C=O) groups is 1. The summed E-state index contributed by atoms with van der Waals surface area (Å²) in [5.41, 5.74) is -0.632. The predicted molar refractivity (Wildman–Crippen MR) is 90.0 cm³/mol. The largest absolute Gasteiger partial charge is 0.444 e. The summed E-state index contributed by atoms with van der Waals surface area (Å²) in [6.45, 7) is 7.04. The number of nitrogens with one attached hydrogen (secondary N) is 1. The first kappa shape index (κ1) is 18.3. The molecule has 1 fully saturated rings. The first-order valence-electron chi connectivity index (χ1n) is 8.05. The van der Waals surface area contributed by atoms with Gasteiger partial charge in [-0.25, -0.2) is 9.59 Å². The van der Waals surface area contributed by atoms with Gasteiger partial charge in [0.15, 0.2) is 0 Å². The zero-order chi connectivity index (χ0) is 18.1. The van der Waals surface area contributed by atoms with E-state index in [4.69, 9.17) is 4.74 Å². The van der Waals surface area contributed by atoms with Crippen LogP contribution in [0.5, 0.6) is 0 Å². The molecule has 2 heterocycles. The van der Waals surface area contributed by atoms with Crippen molar-refractivity contribution in [1.82, 2.24) is 19.4 Å². The quantitative estimate of drug-likeness (QED) is 0.850. The summed E-state index contributed by atoms with van der Waals surface area (Å²) in [5, 5.41) is 3.28. The molecule has 1 aliphatic rings. The SMILES string of the molecule is Cn1cc(CNC2CCN(C(=O)OC(C)(C)C)C2)c(=O)n(C)c1=O. The fourth-order valence-electron chi connectivity index (χ4n) is 2.68. The highest BCUT2D eigenvalue weighted by molar-refractivity contribution is 5.68. The van der Waals surface area contributed by atoms with E-state index in [1.807, 2.05) is 20.8 Å². The van der Waals surface area contributed by atoms with E-state index in [-0.39, 0.29) is 23.4 Å². The van der Waals surface area contributed by atoms with Gasteiger partial charge in [0.25, 0.3) is 5.56 Å². The molecule has 0 saturated carbocycles. The van der Waals surface area contributed by atoms with Gasteiger partial charge >= 0.3 is 11.8 Å². The molecule has 1 atom stereocenters. The van der Waals surface area contributed by atoms with Crippen molar-refractivity contribution in [1.29, 1.82) is 0 Å². The Balaban J connectivity index is 1.94. The maximum atomic E-state index is 12.1. The number of amides is 1. The molecule has 2 rings (SSSR count). The lowest BCUT2D eigenvalue weighted by atomic mass is 10.2. The Morgan fingerprint density at radius 1 is 1.33 bits per heavy atom. The molecule has 0 spiro atoms. The minimum Gasteiger partial charge on any atom is -0.444 e. The number of rotatable bonds is 3. The van der Waals surface area contributed by atoms with Crippen LogP contribution >= 0.6 is 0 Å². The molecule has 0 bridgehead atoms. The van der Waals surface area contributed by atoms with Crippen LogP contribution in [0.3, 0.4) is 0 Å². The van der Waals surface area contributed by atoms with E-state index < -0.39 is 5.60 Å². The number of ether oxygens (including phenoxy) is 1. The Labute approximate surface area is 141 Å². The molecule has 0 aliphatic carbocycles. The summed E-state index contributed by atoms with van der Waals surface area (Å²) >= 11 is 0. The monoisotopic (exact) mass is 338 g/mol. The smallest absolute Gasteiger partial charge is 0.410 e. The molecule has 134 valence electrons. The average molecular weight is 338 g/mol. The van der Waals surface area contributed by atoms with Crippen molar-refractivity contribution in [2.45, 2.75) is 45.4 Å². The van der Waals surface area contributed by atoms with Gasteiger partial charge in [-0.1, -0.05) is 0 Å². The van der Waals surface area contributed by atoms with Crippen LogP contribution in [0, 0.1) is 0 Å². The number of aromatic nitrogens is 2. The molecule has 1 N–H and O–H groups in total. The third-order valence-corrected chi connectivity index (χ3v) is 3.94. The third-order valence-electron chi connectivity index (χ3n) is 3.94. The summed E-state index contributed by atoms with van der Waals surface area (Å²) in [7, 11) is 3.08. The predicted octanol–water partition coefficient (Wildman–Crippen LogP) is 0.183. The van der Waals surface area contributed by atoms with Gasteiger partial charge in [-0.05, 0) is 27.2 Å². The molecule has 1 aliphatic heterocycles. The summed E-state index contributed by atoms with van der Waals surface area (Å²) in [6, 6.07) is 0.0967. The van der Waals surface area contributed by atoms with Gasteiger partial charge in [-0.3, -0.25) is 9.36 Å². The zero-order valence-corrected chi connectivity index (χ0v) is 15.0. The van der Waals surface area contributed by atoms with E-state index in [2.05, 4.69) is 5.32 Å². The number of hydrogen-bond donors (Lipinski definition) is 1. The van der Waals surface area contributed by atoms with Crippen LogP contribution in [-0.2, 0) is 25.4 Å². The van der Waals surface area contributed by atoms with Gasteiger partial charge in [0.05, 0.1) is 0 Å². The molecular weight excluding hydrogens is 312 g/mol. The lowest BCUT2D eigenvalue weighted by Crippen LogP contribution is -2.41. The molecule has 1 saturated heterocycles. The minimum absolute atomic E-state index is 0.0967. The highest BCUT2D eigenvalue weighted by atomic mass is 16.6. The highest BCUT2D eigenvalue weighted by Gasteiger charge is 2.29. The summed E-state index contributed by atoms with van der Waals surface area (Å²) in [5.74, 6) is 0. The van der Waals surface area contributed by atoms with E-state index in [9.17, 15) is 14.4 Å². The summed E-state index contributed by atoms with van der Waals surface area (Å²) in [4.78, 5) is 37.5. The molecule has 1 aromatic rings. The number of carbonyl (C=O) groups excluding carboxylic acids is 1. The van der Waals surface area contributed by atoms with Crippen molar-refractivity contribution in [3.05, 3.63) is 32.6 Å². The molecule has 1 aromatic heterocycles. The molecule has 1 unspecified atom stereocenters. The Bertz CT molecular complexity index is 729. The molecule has 1 amide bonds. The van der Waals surface area contributed by atoms with E-state index >= 15 is 0 Å². The number of nitrogens with zero attached hydrogens (tertiary/aromatic N) is 3. The molecule has 24 heavy (non-hydrogen) atoms. The van der Waals surface area contributed by atoms with Gasteiger partial charge in [-0.2, -0.15) is 0 Å². The van der Waals surface area contributed by atoms with Crippen LogP contribution in [0.4, 0.5) is 4.79 Å². The van der Waals surface area contributed by atoms with Crippen LogP contribution in [0.1, 0.15) is 32.8 Å². The second-order valence-electron chi connectivity index (χ2n) is 7.20. The van der Waals surface area contributed by atoms with Crippen LogP contribution < -0.4 is 16.6 Å². The second-order valence-corrected chi connectivity index (χ2v) is 7.20. The molecule has 0 aromatic carbocycles. The average Bonchev–Trinajstić information content (AvgIpc) is 2.95. The first-order valence-corrected chi connectivity index (χ1v) is 8.05. The minimum atomic E-state index is -0.510. The third kappa shape index (κ3) is 4.25. The van der Waals surface area contributed by atoms with Crippen molar-refractivity contribution < 1.29 is 9.53 Å². The van der Waals surface area contributed by atoms with Crippen LogP contribution in [0.15, 0.2) is 15.8 Å². The topological polar surface area (TPSA) is 85.6 Å². The maximum Gasteiger partial charge on any atom is 0.410 e. The maximum absolute atomic E-state index is 12.1. The van der Waals surface area contributed by atoms with Gasteiger partial charge in [-0.15, -0.1) is 0 Å². The van der Waals surface area contributed by atoms with Gasteiger partial charge < -0.3 is 19.5 Å². The van der Waals surface area contributed by atoms with E-state index in [0.717, 1.165) is 11.0 Å². The van der Waals surface area contributed by atoms with Crippen LogP contribution in [-0.4, -0.2) is 44.9 Å². The summed E-state index contributed by atoms with van der Waals surface area (Å²) in [6.07, 6.45) is 2.04. The van der Waals surface area contributed by atoms with E-state index in [1.165, 1.54) is 11.6 Å². The summed E-state index contributed by atoms with van der Waals surface area (Å²) < 4.78 is 7.85. The van der Waals surface area contributed by atoms with Crippen molar-refractivity contribution in [3.63, 3.8) is 0 Å². The van der Waals surface area contributed by atoms with E-state index in [1.54, 1.807) is 18.1 Å². The van der Waals surface area contributed by atoms with Crippen molar-refractivity contribution in [2.24, 2.45) is 14.1 Å². The molecule has 8 nitrogen and oxygen atoms in total. The van der Waals surface area contributed by atoms with Gasteiger partial charge in [0.2, 0.25) is 0 Å². The second kappa shape index (κ2) is 6.80. The normalized spacial score (nSPS) is 18.0. The van der Waals surface area contributed by atoms with Crippen LogP contribution in [0.2, 0.25) is 0 Å². The first-order chi connectivity index (χ1) is 11.1. The molecule has 0 radical (unpaired) electrons. The Morgan fingerprint density at radius 2 is 2.00 bits per heavy atom. The number of hydrogen-bond acceptors (Lipinski definition) is 5. The van der Waals surface area contributed by atoms with E-state index in [0.29, 0.717) is 25.2 Å². The lowest BCUT2D eigenvalue weighted by molar-refractivity contribution is 0.0291. The van der Waals surface area contributed by atoms with Crippen molar-refractivity contribution in [3.8, 4) is 0 Å². The fraction of sp³-hybridized carbons (Fsp3) is 0.688. The highest BCUT2D eigenvalue weighted by Crippen LogP contribution is 2.15. The van der Waals surface area contributed by atoms with Gasteiger partial charge in [0, 0.05) is 51.5 Å². The van der Waals surface area contributed by atoms with Crippen molar-refractivity contribution in [2.75, 3.05) is 13.1 Å². The molecule has 8 heteroatoms. The Kier molecular flexibility index (Phi) is 5.17. The Morgan fingerprint density at radius 3 is 2.62 bits per heavy atom. The van der Waals surface area contributed by atoms with Gasteiger partial charge in [0.1, 0.15) is 5.60 Å². The standard InChI is InChI=1S/C16H26N4O4/c1-16(2,3)24-15(23)20-7-6-12(10-20)17-8-11-9-18(4)14(22)19(5)13(11)21/h9,12,17H,6-8,10H2,1-5H3. The zero-order valence-electron chi connectivity index (χ0n) is 15.0. The molecular formula is C16H26N4O4.